The Labute approximate surface area is 110 Å². The quantitative estimate of drug-likeness (QED) is 0.754. The summed E-state index contributed by atoms with van der Waals surface area (Å²) in [5.41, 5.74) is 0.522. The van der Waals surface area contributed by atoms with Crippen LogP contribution in [0.2, 0.25) is 0 Å². The van der Waals surface area contributed by atoms with Gasteiger partial charge in [-0.05, 0) is 24.3 Å². The molecular weight excluding hydrogens is 248 g/mol. The Hall–Kier alpha value is -2.81. The zero-order chi connectivity index (χ0) is 14.4. The van der Waals surface area contributed by atoms with Crippen molar-refractivity contribution in [1.29, 1.82) is 0 Å². The van der Waals surface area contributed by atoms with Crippen molar-refractivity contribution in [1.82, 2.24) is 4.90 Å². The van der Waals surface area contributed by atoms with Gasteiger partial charge in [-0.2, -0.15) is 0 Å². The molecule has 0 saturated carbocycles. The monoisotopic (exact) mass is 260 g/mol. The van der Waals surface area contributed by atoms with Crippen LogP contribution in [-0.4, -0.2) is 41.9 Å². The molecule has 0 aromatic heterocycles. The highest BCUT2D eigenvalue weighted by Gasteiger charge is 2.03. The number of benzene rings is 1. The molecule has 0 atom stereocenters. The van der Waals surface area contributed by atoms with Gasteiger partial charge < -0.3 is 15.3 Å². The van der Waals surface area contributed by atoms with Crippen LogP contribution in [0, 0.1) is 11.8 Å². The Morgan fingerprint density at radius 3 is 2.16 bits per heavy atom. The molecule has 2 N–H and O–H groups in total. The van der Waals surface area contributed by atoms with Crippen molar-refractivity contribution in [3.05, 3.63) is 29.8 Å². The van der Waals surface area contributed by atoms with Gasteiger partial charge in [0.1, 0.15) is 0 Å². The van der Waals surface area contributed by atoms with Crippen molar-refractivity contribution in [2.75, 3.05) is 19.4 Å². The third-order valence-corrected chi connectivity index (χ3v) is 2.08. The fraction of sp³-hybridized carbons (Fsp3) is 0.154. The highest BCUT2D eigenvalue weighted by molar-refractivity contribution is 6.08. The predicted octanol–water partition coefficient (Wildman–Crippen LogP) is 0.415. The number of amides is 2. The molecule has 6 heteroatoms. The number of carbonyl (C=O) groups excluding carboxylic acids is 2. The van der Waals surface area contributed by atoms with Crippen molar-refractivity contribution in [3.8, 4) is 11.8 Å². The summed E-state index contributed by atoms with van der Waals surface area (Å²) in [4.78, 5) is 34.4. The first-order valence-electron chi connectivity index (χ1n) is 5.28. The minimum atomic E-state index is -1.05. The lowest BCUT2D eigenvalue weighted by molar-refractivity contribution is -0.122. The van der Waals surface area contributed by atoms with Crippen molar-refractivity contribution >= 4 is 23.5 Å². The maximum Gasteiger partial charge on any atom is 0.335 e. The van der Waals surface area contributed by atoms with E-state index in [2.05, 4.69) is 17.2 Å². The zero-order valence-electron chi connectivity index (χ0n) is 10.4. The van der Waals surface area contributed by atoms with Gasteiger partial charge >= 0.3 is 11.9 Å². The van der Waals surface area contributed by atoms with E-state index in [1.165, 1.54) is 43.3 Å². The molecule has 6 nitrogen and oxygen atoms in total. The molecule has 0 unspecified atom stereocenters. The van der Waals surface area contributed by atoms with Gasteiger partial charge in [0, 0.05) is 31.6 Å². The molecule has 0 aliphatic rings. The number of carboxylic acid groups (broad SMARTS) is 1. The van der Waals surface area contributed by atoms with Gasteiger partial charge in [0.15, 0.2) is 0 Å². The summed E-state index contributed by atoms with van der Waals surface area (Å²) in [5.74, 6) is 2.14. The van der Waals surface area contributed by atoms with E-state index in [0.717, 1.165) is 0 Å². The molecule has 0 spiro atoms. The number of carboxylic acids is 1. The molecule has 0 aliphatic carbocycles. The van der Waals surface area contributed by atoms with Gasteiger partial charge in [-0.1, -0.05) is 0 Å². The fourth-order valence-corrected chi connectivity index (χ4v) is 1.08. The molecule has 98 valence electrons. The first-order chi connectivity index (χ1) is 8.90. The fourth-order valence-electron chi connectivity index (χ4n) is 1.08. The lowest BCUT2D eigenvalue weighted by Gasteiger charge is -2.03. The number of carbonyl (C=O) groups is 3. The van der Waals surface area contributed by atoms with Crippen LogP contribution in [0.1, 0.15) is 10.4 Å². The minimum absolute atomic E-state index is 0.117. The van der Waals surface area contributed by atoms with Crippen LogP contribution in [0.15, 0.2) is 24.3 Å². The first kappa shape index (κ1) is 14.3. The van der Waals surface area contributed by atoms with Crippen LogP contribution >= 0.6 is 0 Å². The highest BCUT2D eigenvalue weighted by atomic mass is 16.4. The van der Waals surface area contributed by atoms with E-state index in [1.54, 1.807) is 0 Å². The summed E-state index contributed by atoms with van der Waals surface area (Å²) in [6.45, 7) is 0. The van der Waals surface area contributed by atoms with Crippen LogP contribution in [0.5, 0.6) is 0 Å². The Bertz CT molecular complexity index is 565. The molecule has 0 aliphatic heterocycles. The average molecular weight is 260 g/mol. The smallest absolute Gasteiger partial charge is 0.335 e. The van der Waals surface area contributed by atoms with E-state index in [1.807, 2.05) is 0 Å². The molecule has 19 heavy (non-hydrogen) atoms. The molecule has 1 rings (SSSR count). The largest absolute Gasteiger partial charge is 0.478 e. The molecule has 1 aromatic carbocycles. The normalized spacial score (nSPS) is 8.95. The molecule has 2 amide bonds. The number of anilines is 1. The number of nitrogens with zero attached hydrogens (tertiary/aromatic N) is 1. The van der Waals surface area contributed by atoms with E-state index in [0.29, 0.717) is 5.69 Å². The van der Waals surface area contributed by atoms with E-state index in [9.17, 15) is 14.4 Å². The second kappa shape index (κ2) is 6.21. The summed E-state index contributed by atoms with van der Waals surface area (Å²) < 4.78 is 0. The van der Waals surface area contributed by atoms with Crippen molar-refractivity contribution in [2.45, 2.75) is 0 Å². The highest BCUT2D eigenvalue weighted by Crippen LogP contribution is 2.09. The SMILES string of the molecule is CN(C)C(=O)C#CC(=O)Nc1ccc(C(=O)O)cc1. The number of rotatable bonds is 2. The molecule has 0 bridgehead atoms. The molecule has 0 radical (unpaired) electrons. The van der Waals surface area contributed by atoms with Crippen LogP contribution in [0.3, 0.4) is 0 Å². The number of nitrogens with one attached hydrogen (secondary N) is 1. The second-order valence-corrected chi connectivity index (χ2v) is 3.79. The third-order valence-electron chi connectivity index (χ3n) is 2.08. The van der Waals surface area contributed by atoms with Gasteiger partial charge in [0.2, 0.25) is 0 Å². The van der Waals surface area contributed by atoms with Crippen molar-refractivity contribution in [3.63, 3.8) is 0 Å². The third kappa shape index (κ3) is 4.52. The molecule has 0 saturated heterocycles. The second-order valence-electron chi connectivity index (χ2n) is 3.79. The van der Waals surface area contributed by atoms with Crippen LogP contribution in [0.4, 0.5) is 5.69 Å². The summed E-state index contributed by atoms with van der Waals surface area (Å²) in [7, 11) is 3.05. The summed E-state index contributed by atoms with van der Waals surface area (Å²) in [6.07, 6.45) is 0. The Kier molecular flexibility index (Phi) is 4.66. The predicted molar refractivity (Wildman–Crippen MR) is 68.5 cm³/mol. The Morgan fingerprint density at radius 1 is 1.11 bits per heavy atom. The summed E-state index contributed by atoms with van der Waals surface area (Å²) in [5, 5.41) is 11.1. The van der Waals surface area contributed by atoms with Crippen LogP contribution < -0.4 is 5.32 Å². The zero-order valence-corrected chi connectivity index (χ0v) is 10.4. The summed E-state index contributed by atoms with van der Waals surface area (Å²) >= 11 is 0. The van der Waals surface area contributed by atoms with Crippen molar-refractivity contribution in [2.24, 2.45) is 0 Å². The van der Waals surface area contributed by atoms with Gasteiger partial charge in [-0.25, -0.2) is 4.79 Å². The molecule has 1 aromatic rings. The Balaban J connectivity index is 2.67. The maximum absolute atomic E-state index is 11.4. The number of hydrogen-bond acceptors (Lipinski definition) is 3. The minimum Gasteiger partial charge on any atom is -0.478 e. The lowest BCUT2D eigenvalue weighted by Crippen LogP contribution is -2.20. The standard InChI is InChI=1S/C13H12N2O4/c1-15(2)12(17)8-7-11(16)14-10-5-3-9(4-6-10)13(18)19/h3-6H,1-2H3,(H,14,16)(H,18,19). The van der Waals surface area contributed by atoms with E-state index < -0.39 is 17.8 Å². The van der Waals surface area contributed by atoms with Crippen LogP contribution in [-0.2, 0) is 9.59 Å². The maximum atomic E-state index is 11.4. The number of hydrogen-bond donors (Lipinski definition) is 2. The van der Waals surface area contributed by atoms with E-state index in [4.69, 9.17) is 5.11 Å². The van der Waals surface area contributed by atoms with Gasteiger partial charge in [-0.15, -0.1) is 0 Å². The topological polar surface area (TPSA) is 86.7 Å². The first-order valence-corrected chi connectivity index (χ1v) is 5.28. The molecule has 0 fully saturated rings. The van der Waals surface area contributed by atoms with Crippen molar-refractivity contribution < 1.29 is 19.5 Å². The average Bonchev–Trinajstić information content (AvgIpc) is 2.36. The summed E-state index contributed by atoms with van der Waals surface area (Å²) in [6, 6.07) is 5.60. The number of aromatic carboxylic acids is 1. The molecular formula is C13H12N2O4. The molecule has 0 heterocycles. The Morgan fingerprint density at radius 2 is 1.68 bits per heavy atom. The van der Waals surface area contributed by atoms with Gasteiger partial charge in [0.05, 0.1) is 5.56 Å². The van der Waals surface area contributed by atoms with E-state index in [-0.39, 0.29) is 5.56 Å². The van der Waals surface area contributed by atoms with Gasteiger partial charge in [-0.3, -0.25) is 9.59 Å². The van der Waals surface area contributed by atoms with Crippen LogP contribution in [0.25, 0.3) is 0 Å². The van der Waals surface area contributed by atoms with E-state index >= 15 is 0 Å². The lowest BCUT2D eigenvalue weighted by atomic mass is 10.2. The van der Waals surface area contributed by atoms with Gasteiger partial charge in [0.25, 0.3) is 5.91 Å².